The van der Waals surface area contributed by atoms with Gasteiger partial charge < -0.3 is 5.73 Å². The van der Waals surface area contributed by atoms with E-state index in [1.807, 2.05) is 0 Å². The number of thiocarbonyl (C=S) groups is 1. The van der Waals surface area contributed by atoms with E-state index < -0.39 is 10.0 Å². The van der Waals surface area contributed by atoms with Crippen LogP contribution in [0.2, 0.25) is 0 Å². The van der Waals surface area contributed by atoms with Gasteiger partial charge in [-0.2, -0.15) is 5.10 Å². The number of hydrogen-bond donors (Lipinski definition) is 2. The van der Waals surface area contributed by atoms with Crippen molar-refractivity contribution in [3.63, 3.8) is 0 Å². The molecule has 0 saturated heterocycles. The Labute approximate surface area is 99.1 Å². The van der Waals surface area contributed by atoms with Crippen molar-refractivity contribution in [2.45, 2.75) is 6.42 Å². The fourth-order valence-electron chi connectivity index (χ4n) is 1.06. The van der Waals surface area contributed by atoms with Crippen LogP contribution in [0.15, 0.2) is 6.33 Å². The molecular formula is C7H13N5O2S2. The number of aryl methyl sites for hydroxylation is 1. The van der Waals surface area contributed by atoms with Gasteiger partial charge in [0.25, 0.3) is 0 Å². The maximum atomic E-state index is 11.3. The van der Waals surface area contributed by atoms with Gasteiger partial charge in [-0.3, -0.25) is 4.68 Å². The second kappa shape index (κ2) is 5.32. The molecule has 0 aliphatic rings. The van der Waals surface area contributed by atoms with Crippen LogP contribution in [0.25, 0.3) is 0 Å². The second-order valence-corrected chi connectivity index (χ2v) is 5.54. The van der Waals surface area contributed by atoms with E-state index in [4.69, 9.17) is 5.73 Å². The Morgan fingerprint density at radius 3 is 2.88 bits per heavy atom. The minimum absolute atomic E-state index is 0.0524. The largest absolute Gasteiger partial charge is 0.392 e. The first-order valence-electron chi connectivity index (χ1n) is 4.49. The molecular weight excluding hydrogens is 250 g/mol. The second-order valence-electron chi connectivity index (χ2n) is 3.20. The van der Waals surface area contributed by atoms with Gasteiger partial charge in [-0.05, 0) is 0 Å². The third-order valence-electron chi connectivity index (χ3n) is 1.65. The van der Waals surface area contributed by atoms with Crippen molar-refractivity contribution in [2.24, 2.45) is 12.8 Å². The SMILES string of the molecule is Cn1cnc(CCNS(=O)(=O)CC(N)=S)n1. The summed E-state index contributed by atoms with van der Waals surface area (Å²) in [6, 6.07) is 0. The van der Waals surface area contributed by atoms with Gasteiger partial charge in [-0.25, -0.2) is 18.1 Å². The Balaban J connectivity index is 2.38. The summed E-state index contributed by atoms with van der Waals surface area (Å²) < 4.78 is 26.5. The molecule has 7 nitrogen and oxygen atoms in total. The number of nitrogens with zero attached hydrogens (tertiary/aromatic N) is 3. The number of hydrogen-bond acceptors (Lipinski definition) is 5. The molecule has 0 aromatic carbocycles. The average Bonchev–Trinajstić information content (AvgIpc) is 2.48. The van der Waals surface area contributed by atoms with Crippen molar-refractivity contribution in [3.05, 3.63) is 12.2 Å². The predicted octanol–water partition coefficient (Wildman–Crippen LogP) is -1.44. The van der Waals surface area contributed by atoms with Crippen molar-refractivity contribution in [3.8, 4) is 0 Å². The first-order chi connectivity index (χ1) is 7.39. The lowest BCUT2D eigenvalue weighted by Crippen LogP contribution is -2.33. The first-order valence-corrected chi connectivity index (χ1v) is 6.55. The molecule has 16 heavy (non-hydrogen) atoms. The summed E-state index contributed by atoms with van der Waals surface area (Å²) in [7, 11) is -1.68. The number of aromatic nitrogens is 3. The van der Waals surface area contributed by atoms with Crippen LogP contribution in [0.4, 0.5) is 0 Å². The third-order valence-corrected chi connectivity index (χ3v) is 3.31. The van der Waals surface area contributed by atoms with E-state index in [0.717, 1.165) is 0 Å². The molecule has 0 radical (unpaired) electrons. The lowest BCUT2D eigenvalue weighted by Gasteiger charge is -2.03. The van der Waals surface area contributed by atoms with Crippen molar-refractivity contribution >= 4 is 27.2 Å². The molecule has 0 fully saturated rings. The van der Waals surface area contributed by atoms with E-state index in [1.165, 1.54) is 0 Å². The van der Waals surface area contributed by atoms with E-state index in [2.05, 4.69) is 27.0 Å². The highest BCUT2D eigenvalue weighted by molar-refractivity contribution is 7.92. The van der Waals surface area contributed by atoms with Crippen LogP contribution in [0, 0.1) is 0 Å². The van der Waals surface area contributed by atoms with E-state index in [0.29, 0.717) is 12.2 Å². The van der Waals surface area contributed by atoms with Gasteiger partial charge in [0.15, 0.2) is 5.82 Å². The molecule has 0 atom stereocenters. The lowest BCUT2D eigenvalue weighted by molar-refractivity contribution is 0.584. The molecule has 0 spiro atoms. The number of sulfonamides is 1. The minimum atomic E-state index is -3.42. The van der Waals surface area contributed by atoms with Crippen molar-refractivity contribution in [1.82, 2.24) is 19.5 Å². The quantitative estimate of drug-likeness (QED) is 0.610. The zero-order chi connectivity index (χ0) is 12.2. The van der Waals surface area contributed by atoms with E-state index in [-0.39, 0.29) is 17.3 Å². The molecule has 0 unspecified atom stereocenters. The van der Waals surface area contributed by atoms with Crippen molar-refractivity contribution in [2.75, 3.05) is 12.3 Å². The maximum absolute atomic E-state index is 11.3. The molecule has 0 aliphatic heterocycles. The minimum Gasteiger partial charge on any atom is -0.392 e. The fourth-order valence-corrected chi connectivity index (χ4v) is 2.41. The van der Waals surface area contributed by atoms with Crippen LogP contribution < -0.4 is 10.5 Å². The monoisotopic (exact) mass is 263 g/mol. The lowest BCUT2D eigenvalue weighted by atomic mass is 10.4. The average molecular weight is 263 g/mol. The molecule has 0 saturated carbocycles. The van der Waals surface area contributed by atoms with Gasteiger partial charge in [0.2, 0.25) is 10.0 Å². The molecule has 1 rings (SSSR count). The molecule has 90 valence electrons. The third kappa shape index (κ3) is 4.64. The molecule has 1 aromatic rings. The van der Waals surface area contributed by atoms with Crippen LogP contribution >= 0.6 is 12.2 Å². The smallest absolute Gasteiger partial charge is 0.218 e. The number of nitrogens with one attached hydrogen (secondary N) is 1. The molecule has 0 bridgehead atoms. The van der Waals surface area contributed by atoms with E-state index >= 15 is 0 Å². The van der Waals surface area contributed by atoms with Crippen LogP contribution in [0.5, 0.6) is 0 Å². The number of rotatable bonds is 6. The summed E-state index contributed by atoms with van der Waals surface area (Å²) in [6.07, 6.45) is 1.98. The highest BCUT2D eigenvalue weighted by Crippen LogP contribution is 1.90. The van der Waals surface area contributed by atoms with Gasteiger partial charge in [-0.1, -0.05) is 12.2 Å². The Morgan fingerprint density at radius 2 is 2.38 bits per heavy atom. The molecule has 3 N–H and O–H groups in total. The fraction of sp³-hybridized carbons (Fsp3) is 0.571. The topological polar surface area (TPSA) is 103 Å². The van der Waals surface area contributed by atoms with Crippen LogP contribution in [0.3, 0.4) is 0 Å². The molecule has 0 amide bonds. The van der Waals surface area contributed by atoms with Gasteiger partial charge >= 0.3 is 0 Å². The maximum Gasteiger partial charge on any atom is 0.218 e. The highest BCUT2D eigenvalue weighted by Gasteiger charge is 2.11. The van der Waals surface area contributed by atoms with Crippen LogP contribution in [0.1, 0.15) is 5.82 Å². The Hall–Kier alpha value is -1.06. The summed E-state index contributed by atoms with van der Waals surface area (Å²) in [5.74, 6) is 0.248. The summed E-state index contributed by atoms with van der Waals surface area (Å²) in [4.78, 5) is 3.91. The standard InChI is InChI=1S/C7H13N5O2S2/c1-12-5-9-7(11-12)2-3-10-16(13,14)4-6(8)15/h5,10H,2-4H2,1H3,(H2,8,15). The van der Waals surface area contributed by atoms with Crippen LogP contribution in [-0.2, 0) is 23.5 Å². The Kier molecular flexibility index (Phi) is 4.33. The zero-order valence-electron chi connectivity index (χ0n) is 8.75. The van der Waals surface area contributed by atoms with Gasteiger partial charge in [0.1, 0.15) is 12.1 Å². The molecule has 1 heterocycles. The summed E-state index contributed by atoms with van der Waals surface area (Å²) in [6.45, 7) is 0.231. The summed E-state index contributed by atoms with van der Waals surface area (Å²) >= 11 is 4.52. The van der Waals surface area contributed by atoms with Gasteiger partial charge in [-0.15, -0.1) is 0 Å². The Morgan fingerprint density at radius 1 is 1.69 bits per heavy atom. The summed E-state index contributed by atoms with van der Waals surface area (Å²) in [5, 5.41) is 4.01. The molecule has 0 aliphatic carbocycles. The van der Waals surface area contributed by atoms with Gasteiger partial charge in [0, 0.05) is 20.0 Å². The summed E-state index contributed by atoms with van der Waals surface area (Å²) in [5.41, 5.74) is 5.15. The normalized spacial score (nSPS) is 11.6. The molecule has 1 aromatic heterocycles. The van der Waals surface area contributed by atoms with Crippen LogP contribution in [-0.4, -0.2) is 40.5 Å². The predicted molar refractivity (Wildman–Crippen MR) is 63.3 cm³/mol. The van der Waals surface area contributed by atoms with Crippen molar-refractivity contribution < 1.29 is 8.42 Å². The molecule has 9 heteroatoms. The zero-order valence-corrected chi connectivity index (χ0v) is 10.4. The highest BCUT2D eigenvalue weighted by atomic mass is 32.2. The Bertz CT molecular complexity index is 467. The van der Waals surface area contributed by atoms with Gasteiger partial charge in [0.05, 0.1) is 4.99 Å². The number of nitrogens with two attached hydrogens (primary N) is 1. The van der Waals surface area contributed by atoms with E-state index in [1.54, 1.807) is 18.1 Å². The van der Waals surface area contributed by atoms with Crippen molar-refractivity contribution in [1.29, 1.82) is 0 Å². The van der Waals surface area contributed by atoms with E-state index in [9.17, 15) is 8.42 Å². The first kappa shape index (κ1) is 13.0.